The first kappa shape index (κ1) is 25.7. The molecule has 2 aliphatic rings. The maximum absolute atomic E-state index is 13.3. The van der Waals surface area contributed by atoms with Gasteiger partial charge >= 0.3 is 6.18 Å². The Morgan fingerprint density at radius 3 is 2.74 bits per heavy atom. The fraction of sp³-hybridized carbons (Fsp3) is 0.417. The molecule has 0 aliphatic carbocycles. The van der Waals surface area contributed by atoms with E-state index >= 15 is 0 Å². The maximum Gasteiger partial charge on any atom is 0.411 e. The van der Waals surface area contributed by atoms with Crippen molar-refractivity contribution in [2.45, 2.75) is 12.7 Å². The summed E-state index contributed by atoms with van der Waals surface area (Å²) in [6, 6.07) is 6.89. The molecule has 0 spiro atoms. The van der Waals surface area contributed by atoms with Gasteiger partial charge in [0.1, 0.15) is 12.1 Å². The van der Waals surface area contributed by atoms with E-state index < -0.39 is 18.3 Å². The number of piperazine rings is 1. The van der Waals surface area contributed by atoms with Crippen molar-refractivity contribution in [1.82, 2.24) is 24.8 Å². The molecule has 0 radical (unpaired) electrons. The molecule has 38 heavy (non-hydrogen) atoms. The van der Waals surface area contributed by atoms with Crippen molar-refractivity contribution in [3.8, 4) is 22.8 Å². The van der Waals surface area contributed by atoms with Crippen LogP contribution in [0, 0.1) is 0 Å². The van der Waals surface area contributed by atoms with Crippen molar-refractivity contribution in [3.63, 3.8) is 0 Å². The van der Waals surface area contributed by atoms with Crippen LogP contribution in [0.4, 0.5) is 19.0 Å². The number of nitrogens with zero attached hydrogens (tertiary/aromatic N) is 4. The third kappa shape index (κ3) is 5.81. The number of pyridine rings is 1. The number of amides is 1. The summed E-state index contributed by atoms with van der Waals surface area (Å²) in [7, 11) is 0. The second kappa shape index (κ2) is 10.8. The van der Waals surface area contributed by atoms with Crippen LogP contribution in [0.2, 0.25) is 0 Å². The highest BCUT2D eigenvalue weighted by molar-refractivity contribution is 5.83. The quantitative estimate of drug-likeness (QED) is 0.416. The summed E-state index contributed by atoms with van der Waals surface area (Å²) in [5, 5.41) is 5.96. The summed E-state index contributed by atoms with van der Waals surface area (Å²) >= 11 is 0. The first-order chi connectivity index (χ1) is 18.3. The molecule has 5 rings (SSSR count). The summed E-state index contributed by atoms with van der Waals surface area (Å²) in [5.41, 5.74) is 1.27. The maximum atomic E-state index is 13.3. The number of nitrogens with one attached hydrogen (secondary N) is 2. The lowest BCUT2D eigenvalue weighted by atomic mass is 10.1. The van der Waals surface area contributed by atoms with Gasteiger partial charge in [-0.2, -0.15) is 13.2 Å². The number of hydrogen-bond donors (Lipinski definition) is 2. The third-order valence-corrected chi connectivity index (χ3v) is 6.10. The van der Waals surface area contributed by atoms with E-state index in [9.17, 15) is 22.8 Å². The van der Waals surface area contributed by atoms with Crippen molar-refractivity contribution in [2.24, 2.45) is 0 Å². The molecule has 1 aromatic carbocycles. The first-order valence-corrected chi connectivity index (χ1v) is 12.0. The van der Waals surface area contributed by atoms with Crippen molar-refractivity contribution in [2.75, 3.05) is 58.0 Å². The molecule has 202 valence electrons. The van der Waals surface area contributed by atoms with Gasteiger partial charge in [-0.05, 0) is 24.3 Å². The Morgan fingerprint density at radius 2 is 1.95 bits per heavy atom. The number of ether oxygens (including phenoxy) is 3. The zero-order chi connectivity index (χ0) is 26.7. The van der Waals surface area contributed by atoms with E-state index in [0.29, 0.717) is 60.0 Å². The Bertz CT molecular complexity index is 1390. The molecule has 1 amide bonds. The van der Waals surface area contributed by atoms with Gasteiger partial charge in [-0.1, -0.05) is 0 Å². The number of alkyl halides is 3. The van der Waals surface area contributed by atoms with Gasteiger partial charge in [0.2, 0.25) is 12.7 Å². The number of carbonyl (C=O) groups excluding carboxylic acids is 1. The molecule has 4 heterocycles. The van der Waals surface area contributed by atoms with E-state index in [1.165, 1.54) is 10.8 Å². The van der Waals surface area contributed by atoms with E-state index in [1.54, 1.807) is 29.2 Å². The first-order valence-electron chi connectivity index (χ1n) is 12.0. The molecule has 2 N–H and O–H groups in total. The van der Waals surface area contributed by atoms with Crippen LogP contribution in [0.15, 0.2) is 35.3 Å². The molecule has 1 fully saturated rings. The zero-order valence-corrected chi connectivity index (χ0v) is 20.2. The molecule has 0 saturated carbocycles. The molecule has 0 bridgehead atoms. The molecule has 14 heteroatoms. The van der Waals surface area contributed by atoms with Crippen molar-refractivity contribution < 1.29 is 32.2 Å². The predicted octanol–water partition coefficient (Wildman–Crippen LogP) is 1.61. The summed E-state index contributed by atoms with van der Waals surface area (Å²) < 4.78 is 54.5. The van der Waals surface area contributed by atoms with E-state index in [-0.39, 0.29) is 38.2 Å². The lowest BCUT2D eigenvalue weighted by Crippen LogP contribution is -2.48. The Balaban J connectivity index is 1.44. The average Bonchev–Trinajstić information content (AvgIpc) is 3.38. The fourth-order valence-corrected chi connectivity index (χ4v) is 4.23. The minimum Gasteiger partial charge on any atom is -0.454 e. The fourth-order valence-electron chi connectivity index (χ4n) is 4.23. The van der Waals surface area contributed by atoms with Crippen LogP contribution >= 0.6 is 0 Å². The Hall–Kier alpha value is -3.91. The Labute approximate surface area is 214 Å². The minimum absolute atomic E-state index is 0.102. The number of fused-ring (bicyclic) bond motifs is 2. The van der Waals surface area contributed by atoms with E-state index in [2.05, 4.69) is 20.6 Å². The highest BCUT2D eigenvalue weighted by Gasteiger charge is 2.27. The van der Waals surface area contributed by atoms with Crippen molar-refractivity contribution in [1.29, 1.82) is 0 Å². The van der Waals surface area contributed by atoms with Gasteiger partial charge in [-0.3, -0.25) is 14.6 Å². The average molecular weight is 534 g/mol. The summed E-state index contributed by atoms with van der Waals surface area (Å²) in [5.74, 6) is 0.855. The summed E-state index contributed by atoms with van der Waals surface area (Å²) in [4.78, 5) is 36.4. The number of hydrogen-bond acceptors (Lipinski definition) is 9. The third-order valence-electron chi connectivity index (χ3n) is 6.10. The van der Waals surface area contributed by atoms with Crippen LogP contribution in [0.25, 0.3) is 22.3 Å². The SMILES string of the molecule is O=C(CNc1nc2cnc(-c3ccc4c(c3)OCO4)cc2n(CCOCC(F)(F)F)c1=O)N1CCNCC1. The van der Waals surface area contributed by atoms with Gasteiger partial charge in [0, 0.05) is 38.3 Å². The lowest BCUT2D eigenvalue weighted by Gasteiger charge is -2.27. The molecular weight excluding hydrogens is 509 g/mol. The minimum atomic E-state index is -4.49. The number of carbonyl (C=O) groups is 1. The Morgan fingerprint density at radius 1 is 1.16 bits per heavy atom. The summed E-state index contributed by atoms with van der Waals surface area (Å²) in [6.07, 6.45) is -3.02. The van der Waals surface area contributed by atoms with Gasteiger partial charge in [0.25, 0.3) is 5.56 Å². The molecule has 0 atom stereocenters. The molecule has 2 aromatic heterocycles. The normalized spacial score (nSPS) is 15.2. The van der Waals surface area contributed by atoms with Gasteiger partial charge in [-0.25, -0.2) is 4.98 Å². The van der Waals surface area contributed by atoms with Crippen LogP contribution in [0.3, 0.4) is 0 Å². The predicted molar refractivity (Wildman–Crippen MR) is 130 cm³/mol. The number of aromatic nitrogens is 3. The largest absolute Gasteiger partial charge is 0.454 e. The molecule has 11 nitrogen and oxygen atoms in total. The van der Waals surface area contributed by atoms with E-state index in [4.69, 9.17) is 14.2 Å². The highest BCUT2D eigenvalue weighted by Crippen LogP contribution is 2.35. The van der Waals surface area contributed by atoms with Crippen LogP contribution < -0.4 is 25.7 Å². The number of rotatable bonds is 8. The number of anilines is 1. The monoisotopic (exact) mass is 534 g/mol. The molecule has 3 aromatic rings. The topological polar surface area (TPSA) is 120 Å². The van der Waals surface area contributed by atoms with Crippen molar-refractivity contribution in [3.05, 3.63) is 40.8 Å². The number of halogens is 3. The lowest BCUT2D eigenvalue weighted by molar-refractivity contribution is -0.174. The molecule has 1 saturated heterocycles. The smallest absolute Gasteiger partial charge is 0.411 e. The van der Waals surface area contributed by atoms with Crippen LogP contribution in [-0.4, -0.2) is 84.2 Å². The second-order valence-electron chi connectivity index (χ2n) is 8.70. The van der Waals surface area contributed by atoms with Crippen molar-refractivity contribution >= 4 is 22.8 Å². The molecule has 2 aliphatic heterocycles. The van der Waals surface area contributed by atoms with Gasteiger partial charge in [0.05, 0.1) is 30.6 Å². The van der Waals surface area contributed by atoms with Crippen LogP contribution in [0.5, 0.6) is 11.5 Å². The number of benzene rings is 1. The Kier molecular flexibility index (Phi) is 7.33. The standard InChI is InChI=1S/C24H25F3N6O5/c25-24(26,27)13-36-8-7-33-18-10-16(15-1-2-19-20(9-15)38-14-37-19)29-11-17(18)31-22(23(33)35)30-12-21(34)32-5-3-28-4-6-32/h1-2,9-11,28H,3-8,12-14H2,(H,30,31). The second-order valence-corrected chi connectivity index (χ2v) is 8.70. The zero-order valence-electron chi connectivity index (χ0n) is 20.2. The highest BCUT2D eigenvalue weighted by atomic mass is 19.4. The van der Waals surface area contributed by atoms with Crippen LogP contribution in [0.1, 0.15) is 0 Å². The van der Waals surface area contributed by atoms with E-state index in [0.717, 1.165) is 0 Å². The van der Waals surface area contributed by atoms with Gasteiger partial charge < -0.3 is 34.3 Å². The van der Waals surface area contributed by atoms with Gasteiger partial charge in [0.15, 0.2) is 17.3 Å². The molecular formula is C24H25F3N6O5. The van der Waals surface area contributed by atoms with E-state index in [1.807, 2.05) is 0 Å². The van der Waals surface area contributed by atoms with Crippen LogP contribution in [-0.2, 0) is 16.1 Å². The summed E-state index contributed by atoms with van der Waals surface area (Å²) in [6.45, 7) is 0.471. The molecule has 0 unspecified atom stereocenters. The van der Waals surface area contributed by atoms with Gasteiger partial charge in [-0.15, -0.1) is 0 Å².